The number of nitrogens with zero attached hydrogens (tertiary/aromatic N) is 1. The third kappa shape index (κ3) is 4.88. The zero-order chi connectivity index (χ0) is 24.4. The Hall–Kier alpha value is -3.10. The summed E-state index contributed by atoms with van der Waals surface area (Å²) < 4.78 is 10.1. The molecule has 4 atom stereocenters. The van der Waals surface area contributed by atoms with Gasteiger partial charge in [0.05, 0.1) is 41.0 Å². The highest BCUT2D eigenvalue weighted by Crippen LogP contribution is 2.43. The molecule has 1 saturated heterocycles. The molecule has 2 aliphatic rings. The van der Waals surface area contributed by atoms with E-state index >= 15 is 0 Å². The Balaban J connectivity index is 1.35. The second-order valence-corrected chi connectivity index (χ2v) is 9.25. The normalized spacial score (nSPS) is 23.9. The van der Waals surface area contributed by atoms with Gasteiger partial charge in [0.25, 0.3) is 5.91 Å². The number of amides is 3. The topological polar surface area (TPSA) is 102 Å². The number of alkyl halides is 2. The molecule has 2 aromatic rings. The minimum absolute atomic E-state index is 0.180. The quantitative estimate of drug-likeness (QED) is 0.366. The number of fused-ring (bicyclic) bond motifs is 1. The molecule has 4 rings (SSSR count). The van der Waals surface area contributed by atoms with E-state index in [0.717, 1.165) is 4.90 Å². The molecular formula is C24H22Cl2N2O6. The molecule has 178 valence electrons. The third-order valence-electron chi connectivity index (χ3n) is 5.98. The zero-order valence-electron chi connectivity index (χ0n) is 18.2. The van der Waals surface area contributed by atoms with Crippen LogP contribution in [-0.4, -0.2) is 48.2 Å². The zero-order valence-corrected chi connectivity index (χ0v) is 19.7. The van der Waals surface area contributed by atoms with E-state index in [2.05, 4.69) is 5.32 Å². The summed E-state index contributed by atoms with van der Waals surface area (Å²) >= 11 is 12.4. The Morgan fingerprint density at radius 1 is 0.941 bits per heavy atom. The number of rotatable bonds is 6. The fraction of sp³-hybridized carbons (Fsp3) is 0.333. The van der Waals surface area contributed by atoms with Crippen molar-refractivity contribution in [3.63, 3.8) is 0 Å². The molecule has 0 aromatic heterocycles. The summed E-state index contributed by atoms with van der Waals surface area (Å²) in [6.07, 6.45) is 0.703. The first-order valence-electron chi connectivity index (χ1n) is 10.7. The van der Waals surface area contributed by atoms with Gasteiger partial charge in [-0.2, -0.15) is 0 Å². The lowest BCUT2D eigenvalue weighted by molar-refractivity contribution is -0.122. The van der Waals surface area contributed by atoms with Crippen molar-refractivity contribution in [2.24, 2.45) is 11.8 Å². The van der Waals surface area contributed by atoms with Crippen LogP contribution in [0.2, 0.25) is 0 Å². The number of anilines is 2. The number of halogens is 2. The first-order chi connectivity index (χ1) is 16.3. The number of ether oxygens (including phenoxy) is 2. The Bertz CT molecular complexity index is 1080. The highest BCUT2D eigenvalue weighted by molar-refractivity contribution is 6.31. The lowest BCUT2D eigenvalue weighted by Crippen LogP contribution is -2.34. The molecule has 8 nitrogen and oxygen atoms in total. The molecule has 2 aromatic carbocycles. The predicted molar refractivity (Wildman–Crippen MR) is 126 cm³/mol. The number of carbonyl (C=O) groups excluding carboxylic acids is 4. The van der Waals surface area contributed by atoms with E-state index < -0.39 is 30.3 Å². The summed E-state index contributed by atoms with van der Waals surface area (Å²) in [5.74, 6) is -2.15. The number of hydrogen-bond donors (Lipinski definition) is 1. The van der Waals surface area contributed by atoms with Crippen molar-refractivity contribution >= 4 is 58.3 Å². The average Bonchev–Trinajstić information content (AvgIpc) is 3.07. The van der Waals surface area contributed by atoms with Crippen molar-refractivity contribution in [3.8, 4) is 5.75 Å². The third-order valence-corrected chi connectivity index (χ3v) is 7.07. The molecule has 0 unspecified atom stereocenters. The first-order valence-corrected chi connectivity index (χ1v) is 11.5. The molecule has 2 fully saturated rings. The van der Waals surface area contributed by atoms with Gasteiger partial charge in [-0.1, -0.05) is 0 Å². The van der Waals surface area contributed by atoms with E-state index in [9.17, 15) is 19.2 Å². The molecule has 0 radical (unpaired) electrons. The van der Waals surface area contributed by atoms with Crippen molar-refractivity contribution in [2.45, 2.75) is 23.6 Å². The van der Waals surface area contributed by atoms with Gasteiger partial charge in [-0.3, -0.25) is 19.3 Å². The van der Waals surface area contributed by atoms with E-state index in [4.69, 9.17) is 32.7 Å². The molecule has 10 heteroatoms. The van der Waals surface area contributed by atoms with Crippen molar-refractivity contribution in [2.75, 3.05) is 23.9 Å². The van der Waals surface area contributed by atoms with E-state index in [-0.39, 0.29) is 28.1 Å². The van der Waals surface area contributed by atoms with Crippen LogP contribution < -0.4 is 15.0 Å². The van der Waals surface area contributed by atoms with Crippen LogP contribution in [0.4, 0.5) is 11.4 Å². The minimum atomic E-state index is -0.709. The maximum Gasteiger partial charge on any atom is 0.338 e. The van der Waals surface area contributed by atoms with Gasteiger partial charge in [0.2, 0.25) is 11.8 Å². The monoisotopic (exact) mass is 504 g/mol. The first kappa shape index (κ1) is 24.0. The van der Waals surface area contributed by atoms with Crippen LogP contribution in [0.25, 0.3) is 0 Å². The van der Waals surface area contributed by atoms with Gasteiger partial charge in [-0.25, -0.2) is 4.79 Å². The number of hydrogen-bond acceptors (Lipinski definition) is 6. The van der Waals surface area contributed by atoms with E-state index in [0.29, 0.717) is 30.0 Å². The maximum absolute atomic E-state index is 12.8. The largest absolute Gasteiger partial charge is 0.497 e. The smallest absolute Gasteiger partial charge is 0.338 e. The van der Waals surface area contributed by atoms with Crippen LogP contribution in [0, 0.1) is 11.8 Å². The minimum Gasteiger partial charge on any atom is -0.497 e. The molecule has 0 bridgehead atoms. The van der Waals surface area contributed by atoms with Gasteiger partial charge in [0, 0.05) is 5.69 Å². The van der Waals surface area contributed by atoms with Crippen LogP contribution in [-0.2, 0) is 19.1 Å². The van der Waals surface area contributed by atoms with Crippen LogP contribution in [0.3, 0.4) is 0 Å². The number of carbonyl (C=O) groups is 4. The summed E-state index contributed by atoms with van der Waals surface area (Å²) in [5, 5.41) is 1.89. The van der Waals surface area contributed by atoms with Crippen molar-refractivity contribution < 1.29 is 28.7 Å². The van der Waals surface area contributed by atoms with Crippen molar-refractivity contribution in [1.29, 1.82) is 0 Å². The maximum atomic E-state index is 12.8. The highest BCUT2D eigenvalue weighted by atomic mass is 35.5. The fourth-order valence-electron chi connectivity index (χ4n) is 4.18. The number of imide groups is 1. The number of nitrogens with one attached hydrogen (secondary N) is 1. The molecule has 3 amide bonds. The molecule has 1 heterocycles. The lowest BCUT2D eigenvalue weighted by atomic mass is 9.80. The van der Waals surface area contributed by atoms with Gasteiger partial charge >= 0.3 is 5.97 Å². The summed E-state index contributed by atoms with van der Waals surface area (Å²) in [5.41, 5.74) is 1.07. The molecule has 1 N–H and O–H groups in total. The molecule has 1 aliphatic carbocycles. The molecule has 34 heavy (non-hydrogen) atoms. The Labute approximate surface area is 206 Å². The summed E-state index contributed by atoms with van der Waals surface area (Å²) in [6.45, 7) is -0.474. The Morgan fingerprint density at radius 2 is 1.50 bits per heavy atom. The van der Waals surface area contributed by atoms with Crippen molar-refractivity contribution in [3.05, 3.63) is 54.1 Å². The number of methoxy groups -OCH3 is 1. The molecule has 0 spiro atoms. The van der Waals surface area contributed by atoms with E-state index in [1.54, 1.807) is 24.3 Å². The summed E-state index contributed by atoms with van der Waals surface area (Å²) in [6, 6.07) is 12.6. The molecule has 1 saturated carbocycles. The van der Waals surface area contributed by atoms with E-state index in [1.165, 1.54) is 31.4 Å². The SMILES string of the molecule is COc1ccc(NC(=O)COC(=O)c2ccc(N3C(=O)[C@@H]4C[C@@H](Cl)[C@@H](Cl)C[C@H]4C3=O)cc2)cc1. The Morgan fingerprint density at radius 3 is 2.03 bits per heavy atom. The number of esters is 1. The highest BCUT2D eigenvalue weighted by Gasteiger charge is 2.52. The van der Waals surface area contributed by atoms with Gasteiger partial charge in [0.15, 0.2) is 6.61 Å². The van der Waals surface area contributed by atoms with Gasteiger partial charge in [0.1, 0.15) is 5.75 Å². The predicted octanol–water partition coefficient (Wildman–Crippen LogP) is 3.60. The summed E-state index contributed by atoms with van der Waals surface area (Å²) in [7, 11) is 1.54. The fourth-order valence-corrected chi connectivity index (χ4v) is 4.77. The van der Waals surface area contributed by atoms with Crippen molar-refractivity contribution in [1.82, 2.24) is 0 Å². The van der Waals surface area contributed by atoms with Crippen LogP contribution >= 0.6 is 23.2 Å². The lowest BCUT2D eigenvalue weighted by Gasteiger charge is -2.28. The Kier molecular flexibility index (Phi) is 7.09. The van der Waals surface area contributed by atoms with Crippen LogP contribution in [0.15, 0.2) is 48.5 Å². The van der Waals surface area contributed by atoms with Crippen LogP contribution in [0.5, 0.6) is 5.75 Å². The second-order valence-electron chi connectivity index (χ2n) is 8.13. The van der Waals surface area contributed by atoms with Gasteiger partial charge < -0.3 is 14.8 Å². The molecule has 1 aliphatic heterocycles. The molecular weight excluding hydrogens is 483 g/mol. The second kappa shape index (κ2) is 10.0. The van der Waals surface area contributed by atoms with Gasteiger partial charge in [-0.05, 0) is 61.4 Å². The average molecular weight is 505 g/mol. The van der Waals surface area contributed by atoms with Crippen LogP contribution in [0.1, 0.15) is 23.2 Å². The summed E-state index contributed by atoms with van der Waals surface area (Å²) in [4.78, 5) is 51.2. The van der Waals surface area contributed by atoms with Gasteiger partial charge in [-0.15, -0.1) is 23.2 Å². The standard InChI is InChI=1S/C24H22Cl2N2O6/c1-33-16-8-4-14(5-9-16)27-21(29)12-34-24(32)13-2-6-15(7-3-13)28-22(30)17-10-19(25)20(26)11-18(17)23(28)31/h2-9,17-20H,10-12H2,1H3,(H,27,29)/t17-,18-,19-,20+/m1/s1. The number of benzene rings is 2. The van der Waals surface area contributed by atoms with E-state index in [1.807, 2.05) is 0 Å².